The molecule has 1 N–H and O–H groups in total. The van der Waals surface area contributed by atoms with Gasteiger partial charge in [-0.05, 0) is 12.1 Å². The summed E-state index contributed by atoms with van der Waals surface area (Å²) in [6, 6.07) is 5.46. The van der Waals surface area contributed by atoms with Crippen LogP contribution in [0.5, 0.6) is 5.75 Å². The van der Waals surface area contributed by atoms with Crippen molar-refractivity contribution in [2.45, 2.75) is 6.42 Å². The molecule has 9 heteroatoms. The molecule has 0 aliphatic carbocycles. The molecule has 0 bridgehead atoms. The first kappa shape index (κ1) is 14.4. The average Bonchev–Trinajstić information content (AvgIpc) is 2.27. The van der Waals surface area contributed by atoms with Crippen molar-refractivity contribution in [3.63, 3.8) is 0 Å². The number of rotatable bonds is 7. The topological polar surface area (TPSA) is 116 Å². The molecule has 0 aliphatic rings. The van der Waals surface area contributed by atoms with Crippen molar-refractivity contribution >= 4 is 16.1 Å². The summed E-state index contributed by atoms with van der Waals surface area (Å²) in [5, 5.41) is 10.4. The molecule has 0 fully saturated rings. The Morgan fingerprint density at radius 3 is 2.33 bits per heavy atom. The summed E-state index contributed by atoms with van der Waals surface area (Å²) in [6.07, 6.45) is 0.247. The van der Waals surface area contributed by atoms with Gasteiger partial charge in [0.15, 0.2) is 0 Å². The molecular weight excluding hydrogens is 266 g/mol. The van der Waals surface area contributed by atoms with Gasteiger partial charge < -0.3 is 4.74 Å². The predicted molar refractivity (Wildman–Crippen MR) is 60.7 cm³/mol. The maximum Gasteiger partial charge on any atom is 0.397 e. The Morgan fingerprint density at radius 2 is 1.83 bits per heavy atom. The number of nitro groups is 1. The van der Waals surface area contributed by atoms with Gasteiger partial charge in [0.05, 0.1) is 18.1 Å². The Morgan fingerprint density at radius 1 is 1.22 bits per heavy atom. The van der Waals surface area contributed by atoms with E-state index < -0.39 is 15.3 Å². The molecule has 0 saturated heterocycles. The highest BCUT2D eigenvalue weighted by Crippen LogP contribution is 2.17. The highest BCUT2D eigenvalue weighted by Gasteiger charge is 2.05. The molecule has 1 rings (SSSR count). The molecule has 1 aromatic carbocycles. The van der Waals surface area contributed by atoms with E-state index in [2.05, 4.69) is 4.18 Å². The van der Waals surface area contributed by atoms with Crippen LogP contribution < -0.4 is 4.74 Å². The van der Waals surface area contributed by atoms with Gasteiger partial charge in [-0.15, -0.1) is 0 Å². The molecule has 100 valence electrons. The molecule has 0 radical (unpaired) electrons. The number of ether oxygens (including phenoxy) is 1. The van der Waals surface area contributed by atoms with Crippen molar-refractivity contribution < 1.29 is 26.8 Å². The summed E-state index contributed by atoms with van der Waals surface area (Å²) >= 11 is 0. The summed E-state index contributed by atoms with van der Waals surface area (Å²) in [4.78, 5) is 9.85. The van der Waals surface area contributed by atoms with Crippen LogP contribution >= 0.6 is 0 Å². The zero-order valence-corrected chi connectivity index (χ0v) is 10.00. The molecule has 0 amide bonds. The van der Waals surface area contributed by atoms with Gasteiger partial charge >= 0.3 is 10.4 Å². The van der Waals surface area contributed by atoms with Gasteiger partial charge in [0.2, 0.25) is 0 Å². The maximum absolute atomic E-state index is 10.4. The minimum absolute atomic E-state index is 0.0444. The fourth-order valence-corrected chi connectivity index (χ4v) is 1.41. The molecule has 0 spiro atoms. The van der Waals surface area contributed by atoms with E-state index in [1.54, 1.807) is 0 Å². The lowest BCUT2D eigenvalue weighted by Crippen LogP contribution is -2.08. The summed E-state index contributed by atoms with van der Waals surface area (Å²) in [5.41, 5.74) is -0.0444. The third-order valence-corrected chi connectivity index (χ3v) is 2.30. The van der Waals surface area contributed by atoms with Crippen LogP contribution in [0.25, 0.3) is 0 Å². The Labute approximate surface area is 103 Å². The fourth-order valence-electron chi connectivity index (χ4n) is 1.08. The van der Waals surface area contributed by atoms with Crippen molar-refractivity contribution in [2.75, 3.05) is 13.2 Å². The van der Waals surface area contributed by atoms with E-state index >= 15 is 0 Å². The monoisotopic (exact) mass is 277 g/mol. The van der Waals surface area contributed by atoms with Crippen LogP contribution in [0.2, 0.25) is 0 Å². The normalized spacial score (nSPS) is 11.2. The predicted octanol–water partition coefficient (Wildman–Crippen LogP) is 1.18. The number of nitro benzene ring substituents is 1. The first-order valence-corrected chi connectivity index (χ1v) is 6.24. The molecule has 18 heavy (non-hydrogen) atoms. The van der Waals surface area contributed by atoms with E-state index in [1.165, 1.54) is 24.3 Å². The largest absolute Gasteiger partial charge is 0.494 e. The first-order valence-electron chi connectivity index (χ1n) is 4.87. The van der Waals surface area contributed by atoms with Gasteiger partial charge in [0.25, 0.3) is 5.69 Å². The van der Waals surface area contributed by atoms with E-state index in [-0.39, 0.29) is 25.3 Å². The molecule has 0 atom stereocenters. The van der Waals surface area contributed by atoms with Gasteiger partial charge in [0.1, 0.15) is 5.75 Å². The van der Waals surface area contributed by atoms with Gasteiger partial charge in [-0.25, -0.2) is 4.18 Å². The molecule has 0 aliphatic heterocycles. The average molecular weight is 277 g/mol. The first-order chi connectivity index (χ1) is 8.38. The van der Waals surface area contributed by atoms with Crippen LogP contribution in [-0.4, -0.2) is 31.1 Å². The van der Waals surface area contributed by atoms with E-state index in [0.29, 0.717) is 5.75 Å². The number of non-ortho nitro benzene ring substituents is 1. The van der Waals surface area contributed by atoms with Crippen molar-refractivity contribution in [1.82, 2.24) is 0 Å². The summed E-state index contributed by atoms with van der Waals surface area (Å²) in [6.45, 7) is -0.0425. The fraction of sp³-hybridized carbons (Fsp3) is 0.333. The third kappa shape index (κ3) is 5.57. The Bertz CT molecular complexity index is 496. The van der Waals surface area contributed by atoms with Gasteiger partial charge in [-0.3, -0.25) is 14.7 Å². The Kier molecular flexibility index (Phi) is 5.01. The minimum atomic E-state index is -4.41. The zero-order valence-electron chi connectivity index (χ0n) is 9.18. The lowest BCUT2D eigenvalue weighted by Gasteiger charge is -2.05. The zero-order chi connectivity index (χ0) is 13.6. The van der Waals surface area contributed by atoms with Crippen LogP contribution in [0.4, 0.5) is 5.69 Å². The van der Waals surface area contributed by atoms with Crippen LogP contribution in [0.1, 0.15) is 6.42 Å². The third-order valence-electron chi connectivity index (χ3n) is 1.84. The molecular formula is C9H11NO7S. The second kappa shape index (κ2) is 6.28. The Hall–Kier alpha value is -1.71. The van der Waals surface area contributed by atoms with Crippen molar-refractivity contribution in [3.8, 4) is 5.75 Å². The van der Waals surface area contributed by atoms with E-state index in [1.807, 2.05) is 0 Å². The summed E-state index contributed by atoms with van der Waals surface area (Å²) in [5.74, 6) is 0.424. The van der Waals surface area contributed by atoms with Crippen molar-refractivity contribution in [3.05, 3.63) is 34.4 Å². The smallest absolute Gasteiger partial charge is 0.397 e. The van der Waals surface area contributed by atoms with Crippen LogP contribution in [0, 0.1) is 10.1 Å². The Balaban J connectivity index is 2.29. The van der Waals surface area contributed by atoms with Crippen LogP contribution in [0.3, 0.4) is 0 Å². The lowest BCUT2D eigenvalue weighted by molar-refractivity contribution is -0.384. The summed E-state index contributed by atoms with van der Waals surface area (Å²) in [7, 11) is -4.41. The standard InChI is InChI=1S/C9H11NO7S/c11-10(12)8-2-4-9(5-3-8)16-6-1-7-17-18(13,14)15/h2-5H,1,6-7H2,(H,13,14,15). The second-order valence-electron chi connectivity index (χ2n) is 3.20. The van der Waals surface area contributed by atoms with E-state index in [4.69, 9.17) is 9.29 Å². The minimum Gasteiger partial charge on any atom is -0.494 e. The molecule has 0 heterocycles. The molecule has 0 aromatic heterocycles. The van der Waals surface area contributed by atoms with Gasteiger partial charge in [-0.2, -0.15) is 8.42 Å². The maximum atomic E-state index is 10.4. The second-order valence-corrected chi connectivity index (χ2v) is 4.29. The van der Waals surface area contributed by atoms with Gasteiger partial charge in [-0.1, -0.05) is 0 Å². The quantitative estimate of drug-likeness (QED) is 0.344. The number of hydrogen-bond acceptors (Lipinski definition) is 6. The molecule has 1 aromatic rings. The number of hydrogen-bond donors (Lipinski definition) is 1. The lowest BCUT2D eigenvalue weighted by atomic mass is 10.3. The number of nitrogens with zero attached hydrogens (tertiary/aromatic N) is 1. The number of benzene rings is 1. The molecule has 8 nitrogen and oxygen atoms in total. The van der Waals surface area contributed by atoms with Crippen molar-refractivity contribution in [1.29, 1.82) is 0 Å². The van der Waals surface area contributed by atoms with E-state index in [0.717, 1.165) is 0 Å². The molecule has 0 unspecified atom stereocenters. The van der Waals surface area contributed by atoms with Crippen molar-refractivity contribution in [2.24, 2.45) is 0 Å². The van der Waals surface area contributed by atoms with Gasteiger partial charge in [0, 0.05) is 18.6 Å². The SMILES string of the molecule is O=[N+]([O-])c1ccc(OCCCOS(=O)(=O)O)cc1. The van der Waals surface area contributed by atoms with Crippen LogP contribution in [-0.2, 0) is 14.6 Å². The highest BCUT2D eigenvalue weighted by molar-refractivity contribution is 7.80. The van der Waals surface area contributed by atoms with Crippen LogP contribution in [0.15, 0.2) is 24.3 Å². The highest BCUT2D eigenvalue weighted by atomic mass is 32.3. The summed E-state index contributed by atoms with van der Waals surface area (Å²) < 4.78 is 37.9. The van der Waals surface area contributed by atoms with E-state index in [9.17, 15) is 18.5 Å². The molecule has 0 saturated carbocycles.